The molecule has 0 fully saturated rings. The van der Waals surface area contributed by atoms with Crippen LogP contribution in [0.5, 0.6) is 0 Å². The van der Waals surface area contributed by atoms with Gasteiger partial charge < -0.3 is 0 Å². The minimum Gasteiger partial charge on any atom is -0.289 e. The lowest BCUT2D eigenvalue weighted by atomic mass is 10.0. The van der Waals surface area contributed by atoms with Crippen LogP contribution in [0.4, 0.5) is 4.39 Å². The van der Waals surface area contributed by atoms with E-state index < -0.39 is 5.82 Å². The van der Waals surface area contributed by atoms with Crippen molar-refractivity contribution in [2.24, 2.45) is 0 Å². The molecule has 2 aromatic carbocycles. The Hall–Kier alpha value is -1.48. The number of carbonyl (C=O) groups excluding carboxylic acids is 1. The number of ketones is 1. The number of benzene rings is 2. The third kappa shape index (κ3) is 2.61. The van der Waals surface area contributed by atoms with E-state index in [0.717, 1.165) is 10.0 Å². The predicted molar refractivity (Wildman–Crippen MR) is 68.7 cm³/mol. The van der Waals surface area contributed by atoms with Crippen molar-refractivity contribution >= 4 is 21.7 Å². The highest BCUT2D eigenvalue weighted by Gasteiger charge is 2.10. The Kier molecular flexibility index (Phi) is 3.38. The van der Waals surface area contributed by atoms with Gasteiger partial charge in [-0.1, -0.05) is 28.1 Å². The minimum atomic E-state index is -0.398. The zero-order valence-corrected chi connectivity index (χ0v) is 10.8. The van der Waals surface area contributed by atoms with Crippen LogP contribution in [-0.2, 0) is 0 Å². The molecule has 0 saturated heterocycles. The zero-order chi connectivity index (χ0) is 12.4. The predicted octanol–water partition coefficient (Wildman–Crippen LogP) is 4.13. The summed E-state index contributed by atoms with van der Waals surface area (Å²) in [6.07, 6.45) is 0. The average Bonchev–Trinajstić information content (AvgIpc) is 2.32. The fourth-order valence-corrected chi connectivity index (χ4v) is 1.83. The molecule has 0 atom stereocenters. The van der Waals surface area contributed by atoms with Crippen molar-refractivity contribution in [2.75, 3.05) is 0 Å². The lowest BCUT2D eigenvalue weighted by Gasteiger charge is -2.04. The van der Waals surface area contributed by atoms with Gasteiger partial charge in [0.2, 0.25) is 0 Å². The van der Waals surface area contributed by atoms with E-state index in [2.05, 4.69) is 15.9 Å². The van der Waals surface area contributed by atoms with E-state index in [4.69, 9.17) is 0 Å². The molecule has 0 bridgehead atoms. The molecule has 17 heavy (non-hydrogen) atoms. The molecular weight excluding hydrogens is 283 g/mol. The normalized spacial score (nSPS) is 10.3. The molecule has 2 aromatic rings. The van der Waals surface area contributed by atoms with Crippen LogP contribution in [0.3, 0.4) is 0 Å². The van der Waals surface area contributed by atoms with Gasteiger partial charge in [-0.3, -0.25) is 4.79 Å². The molecule has 0 N–H and O–H groups in total. The smallest absolute Gasteiger partial charge is 0.193 e. The summed E-state index contributed by atoms with van der Waals surface area (Å²) >= 11 is 3.38. The zero-order valence-electron chi connectivity index (χ0n) is 9.21. The van der Waals surface area contributed by atoms with Gasteiger partial charge in [0.15, 0.2) is 5.78 Å². The monoisotopic (exact) mass is 292 g/mol. The highest BCUT2D eigenvalue weighted by atomic mass is 79.9. The van der Waals surface area contributed by atoms with Crippen LogP contribution in [0.15, 0.2) is 46.9 Å². The summed E-state index contributed by atoms with van der Waals surface area (Å²) in [5.41, 5.74) is 1.91. The summed E-state index contributed by atoms with van der Waals surface area (Å²) in [5.74, 6) is -0.565. The summed E-state index contributed by atoms with van der Waals surface area (Å²) in [7, 11) is 0. The summed E-state index contributed by atoms with van der Waals surface area (Å²) in [6.45, 7) is 1.91. The Labute approximate surface area is 107 Å². The Morgan fingerprint density at radius 2 is 1.82 bits per heavy atom. The second kappa shape index (κ2) is 4.80. The van der Waals surface area contributed by atoms with Gasteiger partial charge in [-0.2, -0.15) is 0 Å². The van der Waals surface area contributed by atoms with Crippen molar-refractivity contribution in [1.29, 1.82) is 0 Å². The molecule has 0 amide bonds. The number of halogens is 2. The Bertz CT molecular complexity index is 578. The van der Waals surface area contributed by atoms with Crippen molar-refractivity contribution in [3.63, 3.8) is 0 Å². The molecular formula is C14H10BrFO. The van der Waals surface area contributed by atoms with Crippen molar-refractivity contribution in [2.45, 2.75) is 6.92 Å². The van der Waals surface area contributed by atoms with Gasteiger partial charge in [-0.25, -0.2) is 4.39 Å². The fourth-order valence-electron chi connectivity index (χ4n) is 1.58. The molecule has 0 spiro atoms. The van der Waals surface area contributed by atoms with E-state index in [9.17, 15) is 9.18 Å². The highest BCUT2D eigenvalue weighted by Crippen LogP contribution is 2.19. The van der Waals surface area contributed by atoms with Crippen molar-refractivity contribution in [1.82, 2.24) is 0 Å². The number of hydrogen-bond acceptors (Lipinski definition) is 1. The topological polar surface area (TPSA) is 17.1 Å². The van der Waals surface area contributed by atoms with Gasteiger partial charge in [0, 0.05) is 15.6 Å². The largest absolute Gasteiger partial charge is 0.289 e. The number of aryl methyl sites for hydroxylation is 1. The van der Waals surface area contributed by atoms with Gasteiger partial charge >= 0.3 is 0 Å². The first-order chi connectivity index (χ1) is 8.08. The SMILES string of the molecule is Cc1cc(C(=O)c2cccc(F)c2)ccc1Br. The van der Waals surface area contributed by atoms with E-state index >= 15 is 0 Å². The molecule has 0 aliphatic rings. The highest BCUT2D eigenvalue weighted by molar-refractivity contribution is 9.10. The first-order valence-electron chi connectivity index (χ1n) is 5.14. The molecule has 3 heteroatoms. The second-order valence-electron chi connectivity index (χ2n) is 3.80. The molecule has 0 unspecified atom stereocenters. The van der Waals surface area contributed by atoms with Gasteiger partial charge in [0.25, 0.3) is 0 Å². The molecule has 86 valence electrons. The summed E-state index contributed by atoms with van der Waals surface area (Å²) in [4.78, 5) is 12.1. The quantitative estimate of drug-likeness (QED) is 0.761. The van der Waals surface area contributed by atoms with E-state index in [1.54, 1.807) is 18.2 Å². The average molecular weight is 293 g/mol. The maximum atomic E-state index is 13.0. The van der Waals surface area contributed by atoms with Crippen LogP contribution in [0.25, 0.3) is 0 Å². The molecule has 0 saturated carbocycles. The van der Waals surface area contributed by atoms with Gasteiger partial charge in [-0.05, 0) is 42.8 Å². The Morgan fingerprint density at radius 3 is 2.47 bits per heavy atom. The molecule has 0 aromatic heterocycles. The van der Waals surface area contributed by atoms with Gasteiger partial charge in [0.1, 0.15) is 5.82 Å². The maximum Gasteiger partial charge on any atom is 0.193 e. The molecule has 0 aliphatic heterocycles. The van der Waals surface area contributed by atoms with Crippen LogP contribution in [0, 0.1) is 12.7 Å². The van der Waals surface area contributed by atoms with E-state index in [-0.39, 0.29) is 5.78 Å². The lowest BCUT2D eigenvalue weighted by molar-refractivity contribution is 0.103. The minimum absolute atomic E-state index is 0.167. The van der Waals surface area contributed by atoms with Crippen LogP contribution in [-0.4, -0.2) is 5.78 Å². The number of hydrogen-bond donors (Lipinski definition) is 0. The van der Waals surface area contributed by atoms with Gasteiger partial charge in [0.05, 0.1) is 0 Å². The van der Waals surface area contributed by atoms with Crippen molar-refractivity contribution in [3.05, 3.63) is 69.4 Å². The Balaban J connectivity index is 2.40. The lowest BCUT2D eigenvalue weighted by Crippen LogP contribution is -2.02. The second-order valence-corrected chi connectivity index (χ2v) is 4.66. The van der Waals surface area contributed by atoms with E-state index in [0.29, 0.717) is 11.1 Å². The summed E-state index contributed by atoms with van der Waals surface area (Å²) < 4.78 is 14.0. The first-order valence-corrected chi connectivity index (χ1v) is 5.93. The molecule has 2 rings (SSSR count). The summed E-state index contributed by atoms with van der Waals surface area (Å²) in [6, 6.07) is 11.1. The molecule has 0 aliphatic carbocycles. The molecule has 0 heterocycles. The third-order valence-corrected chi connectivity index (χ3v) is 3.40. The molecule has 0 radical (unpaired) electrons. The first kappa shape index (κ1) is 12.0. The fraction of sp³-hybridized carbons (Fsp3) is 0.0714. The van der Waals surface area contributed by atoms with E-state index in [1.807, 2.05) is 13.0 Å². The van der Waals surface area contributed by atoms with Crippen LogP contribution < -0.4 is 0 Å². The summed E-state index contributed by atoms with van der Waals surface area (Å²) in [5, 5.41) is 0. The standard InChI is InChI=1S/C14H10BrFO/c1-9-7-11(5-6-13(9)15)14(17)10-3-2-4-12(16)8-10/h2-8H,1H3. The van der Waals surface area contributed by atoms with Crippen LogP contribution >= 0.6 is 15.9 Å². The van der Waals surface area contributed by atoms with Gasteiger partial charge in [-0.15, -0.1) is 0 Å². The van der Waals surface area contributed by atoms with E-state index in [1.165, 1.54) is 18.2 Å². The van der Waals surface area contributed by atoms with Crippen LogP contribution in [0.1, 0.15) is 21.5 Å². The van der Waals surface area contributed by atoms with Crippen molar-refractivity contribution < 1.29 is 9.18 Å². The van der Waals surface area contributed by atoms with Crippen molar-refractivity contribution in [3.8, 4) is 0 Å². The number of rotatable bonds is 2. The van der Waals surface area contributed by atoms with Crippen LogP contribution in [0.2, 0.25) is 0 Å². The number of carbonyl (C=O) groups is 1. The molecule has 1 nitrogen and oxygen atoms in total. The maximum absolute atomic E-state index is 13.0. The third-order valence-electron chi connectivity index (χ3n) is 2.51. The Morgan fingerprint density at radius 1 is 1.12 bits per heavy atom.